The molecule has 3 aromatic carbocycles. The van der Waals surface area contributed by atoms with E-state index in [4.69, 9.17) is 21.0 Å². The molecule has 0 N–H and O–H groups in total. The Bertz CT molecular complexity index is 1520. The molecule has 9 heteroatoms. The SMILES string of the molecule is CC(c1nnc(SCc2ccccc2)o1)n1c(-c2ccc(Cl)cc2)nc2ccc(I)cc2c1=O. The van der Waals surface area contributed by atoms with Crippen LogP contribution < -0.4 is 5.56 Å². The number of hydrogen-bond donors (Lipinski definition) is 0. The first-order valence-electron chi connectivity index (χ1n) is 10.5. The Labute approximate surface area is 218 Å². The van der Waals surface area contributed by atoms with Crippen molar-refractivity contribution in [2.75, 3.05) is 0 Å². The summed E-state index contributed by atoms with van der Waals surface area (Å²) in [4.78, 5) is 18.5. The van der Waals surface area contributed by atoms with Crippen molar-refractivity contribution in [2.24, 2.45) is 0 Å². The van der Waals surface area contributed by atoms with E-state index in [2.05, 4.69) is 32.8 Å². The van der Waals surface area contributed by atoms with Gasteiger partial charge < -0.3 is 4.42 Å². The van der Waals surface area contributed by atoms with E-state index in [-0.39, 0.29) is 5.56 Å². The Balaban J connectivity index is 1.56. The van der Waals surface area contributed by atoms with E-state index in [1.54, 1.807) is 16.7 Å². The lowest BCUT2D eigenvalue weighted by molar-refractivity contribution is 0.372. The van der Waals surface area contributed by atoms with Crippen molar-refractivity contribution in [1.82, 2.24) is 19.7 Å². The largest absolute Gasteiger partial charge is 0.414 e. The van der Waals surface area contributed by atoms with Crippen LogP contribution in [0, 0.1) is 3.57 Å². The third-order valence-corrected chi connectivity index (χ3v) is 7.15. The molecule has 5 aromatic rings. The van der Waals surface area contributed by atoms with E-state index < -0.39 is 6.04 Å². The van der Waals surface area contributed by atoms with Crippen LogP contribution in [0.4, 0.5) is 0 Å². The van der Waals surface area contributed by atoms with Crippen LogP contribution in [0.3, 0.4) is 0 Å². The predicted octanol–water partition coefficient (Wildman–Crippen LogP) is 6.61. The molecular formula is C25H18ClIN4O2S. The molecule has 0 amide bonds. The molecule has 170 valence electrons. The molecule has 34 heavy (non-hydrogen) atoms. The molecule has 2 heterocycles. The van der Waals surface area contributed by atoms with E-state index in [9.17, 15) is 4.79 Å². The third-order valence-electron chi connectivity index (χ3n) is 5.34. The van der Waals surface area contributed by atoms with Crippen LogP contribution in [0.5, 0.6) is 0 Å². The normalized spacial score (nSPS) is 12.2. The minimum atomic E-state index is -0.522. The molecule has 0 radical (unpaired) electrons. The first-order valence-corrected chi connectivity index (χ1v) is 12.9. The Morgan fingerprint density at radius 2 is 1.82 bits per heavy atom. The van der Waals surface area contributed by atoms with Crippen molar-refractivity contribution in [3.05, 3.63) is 103 Å². The topological polar surface area (TPSA) is 73.8 Å². The number of halogens is 2. The van der Waals surface area contributed by atoms with Crippen molar-refractivity contribution < 1.29 is 4.42 Å². The summed E-state index contributed by atoms with van der Waals surface area (Å²) < 4.78 is 8.52. The summed E-state index contributed by atoms with van der Waals surface area (Å²) in [7, 11) is 0. The monoisotopic (exact) mass is 600 g/mol. The molecule has 0 aliphatic rings. The number of thioether (sulfide) groups is 1. The second-order valence-corrected chi connectivity index (χ2v) is 10.2. The van der Waals surface area contributed by atoms with Gasteiger partial charge in [0.15, 0.2) is 0 Å². The second kappa shape index (κ2) is 9.89. The fraction of sp³-hybridized carbons (Fsp3) is 0.120. The number of aromatic nitrogens is 4. The van der Waals surface area contributed by atoms with Crippen LogP contribution >= 0.6 is 46.0 Å². The molecule has 0 spiro atoms. The smallest absolute Gasteiger partial charge is 0.276 e. The van der Waals surface area contributed by atoms with Crippen LogP contribution in [0.25, 0.3) is 22.3 Å². The number of nitrogens with zero attached hydrogens (tertiary/aromatic N) is 4. The Kier molecular flexibility index (Phi) is 6.71. The highest BCUT2D eigenvalue weighted by Crippen LogP contribution is 2.28. The van der Waals surface area contributed by atoms with E-state index in [1.165, 1.54) is 11.8 Å². The minimum absolute atomic E-state index is 0.169. The van der Waals surface area contributed by atoms with E-state index in [0.717, 1.165) is 14.7 Å². The molecule has 6 nitrogen and oxygen atoms in total. The van der Waals surface area contributed by atoms with Gasteiger partial charge in [0.25, 0.3) is 10.8 Å². The van der Waals surface area contributed by atoms with Gasteiger partial charge in [-0.1, -0.05) is 53.7 Å². The van der Waals surface area contributed by atoms with Gasteiger partial charge in [-0.3, -0.25) is 9.36 Å². The lowest BCUT2D eigenvalue weighted by atomic mass is 10.1. The van der Waals surface area contributed by atoms with E-state index in [0.29, 0.717) is 38.6 Å². The van der Waals surface area contributed by atoms with Crippen molar-refractivity contribution in [3.63, 3.8) is 0 Å². The van der Waals surface area contributed by atoms with Gasteiger partial charge in [0.05, 0.1) is 10.9 Å². The molecule has 0 bridgehead atoms. The van der Waals surface area contributed by atoms with Crippen LogP contribution in [0.2, 0.25) is 5.02 Å². The van der Waals surface area contributed by atoms with Gasteiger partial charge in [0.1, 0.15) is 11.9 Å². The summed E-state index contributed by atoms with van der Waals surface area (Å²) in [5, 5.41) is 10.0. The molecule has 5 rings (SSSR count). The third kappa shape index (κ3) is 4.75. The molecule has 0 saturated carbocycles. The standard InChI is InChI=1S/C25H18ClIN4O2S/c1-15(23-29-30-25(33-23)34-14-16-5-3-2-4-6-16)31-22(17-7-9-18(26)10-8-17)28-21-12-11-19(27)13-20(21)24(31)32/h2-13,15H,14H2,1H3. The predicted molar refractivity (Wildman–Crippen MR) is 143 cm³/mol. The first-order chi connectivity index (χ1) is 16.5. The van der Waals surface area contributed by atoms with Gasteiger partial charge in [-0.2, -0.15) is 0 Å². The van der Waals surface area contributed by atoms with Gasteiger partial charge in [-0.05, 0) is 77.5 Å². The fourth-order valence-corrected chi connectivity index (χ4v) is 4.95. The summed E-state index contributed by atoms with van der Waals surface area (Å²) in [5.41, 5.74) is 2.39. The number of rotatable bonds is 6. The lowest BCUT2D eigenvalue weighted by Gasteiger charge is -2.17. The highest BCUT2D eigenvalue weighted by Gasteiger charge is 2.23. The Morgan fingerprint density at radius 1 is 1.06 bits per heavy atom. The zero-order valence-electron chi connectivity index (χ0n) is 18.0. The summed E-state index contributed by atoms with van der Waals surface area (Å²) in [6.45, 7) is 1.86. The number of hydrogen-bond acceptors (Lipinski definition) is 6. The van der Waals surface area contributed by atoms with Crippen LogP contribution in [0.15, 0.2) is 87.2 Å². The molecule has 0 saturated heterocycles. The van der Waals surface area contributed by atoms with Crippen LogP contribution in [-0.2, 0) is 5.75 Å². The molecule has 0 aliphatic carbocycles. The van der Waals surface area contributed by atoms with Gasteiger partial charge >= 0.3 is 0 Å². The molecule has 2 aromatic heterocycles. The Morgan fingerprint density at radius 3 is 2.59 bits per heavy atom. The van der Waals surface area contributed by atoms with Crippen molar-refractivity contribution >= 4 is 56.9 Å². The first kappa shape index (κ1) is 23.1. The average molecular weight is 601 g/mol. The average Bonchev–Trinajstić information content (AvgIpc) is 3.33. The summed E-state index contributed by atoms with van der Waals surface area (Å²) in [6, 6.07) is 22.4. The molecule has 0 aliphatic heterocycles. The number of fused-ring (bicyclic) bond motifs is 1. The molecule has 1 unspecified atom stereocenters. The maximum Gasteiger partial charge on any atom is 0.276 e. The quantitative estimate of drug-likeness (QED) is 0.161. The van der Waals surface area contributed by atoms with Crippen molar-refractivity contribution in [3.8, 4) is 11.4 Å². The van der Waals surface area contributed by atoms with Crippen LogP contribution in [0.1, 0.15) is 24.4 Å². The van der Waals surface area contributed by atoms with Gasteiger partial charge in [-0.15, -0.1) is 10.2 Å². The second-order valence-electron chi connectivity index (χ2n) is 7.64. The summed E-state index contributed by atoms with van der Waals surface area (Å²) in [6.07, 6.45) is 0. The highest BCUT2D eigenvalue weighted by molar-refractivity contribution is 14.1. The maximum absolute atomic E-state index is 13.7. The van der Waals surface area contributed by atoms with Gasteiger partial charge in [0.2, 0.25) is 5.89 Å². The zero-order valence-corrected chi connectivity index (χ0v) is 21.7. The van der Waals surface area contributed by atoms with E-state index in [1.807, 2.05) is 67.6 Å². The summed E-state index contributed by atoms with van der Waals surface area (Å²) in [5.74, 6) is 1.57. The highest BCUT2D eigenvalue weighted by atomic mass is 127. The summed E-state index contributed by atoms with van der Waals surface area (Å²) >= 11 is 9.74. The molecular weight excluding hydrogens is 583 g/mol. The van der Waals surface area contributed by atoms with Crippen LogP contribution in [-0.4, -0.2) is 19.7 Å². The molecule has 1 atom stereocenters. The lowest BCUT2D eigenvalue weighted by Crippen LogP contribution is -2.27. The Hall–Kier alpha value is -2.69. The number of benzene rings is 3. The zero-order chi connectivity index (χ0) is 23.7. The maximum atomic E-state index is 13.7. The van der Waals surface area contributed by atoms with Crippen molar-refractivity contribution in [2.45, 2.75) is 23.9 Å². The van der Waals surface area contributed by atoms with Crippen molar-refractivity contribution in [1.29, 1.82) is 0 Å². The molecule has 0 fully saturated rings. The van der Waals surface area contributed by atoms with Gasteiger partial charge in [0, 0.05) is 19.9 Å². The minimum Gasteiger partial charge on any atom is -0.414 e. The fourth-order valence-electron chi connectivity index (χ4n) is 3.61. The van der Waals surface area contributed by atoms with Gasteiger partial charge in [-0.25, -0.2) is 4.98 Å². The van der Waals surface area contributed by atoms with E-state index >= 15 is 0 Å².